The van der Waals surface area contributed by atoms with E-state index in [1.807, 2.05) is 0 Å². The lowest BCUT2D eigenvalue weighted by Crippen LogP contribution is -2.03. The third-order valence-corrected chi connectivity index (χ3v) is 4.83. The highest BCUT2D eigenvalue weighted by molar-refractivity contribution is 6.64. The molecule has 0 aliphatic carbocycles. The number of allylic oxidation sites excluding steroid dienone is 1. The van der Waals surface area contributed by atoms with Crippen molar-refractivity contribution in [2.75, 3.05) is 0 Å². The zero-order valence-corrected chi connectivity index (χ0v) is 8.72. The summed E-state index contributed by atoms with van der Waals surface area (Å²) in [7, 11) is -0.404. The molecule has 0 aliphatic heterocycles. The summed E-state index contributed by atoms with van der Waals surface area (Å²) in [5.41, 5.74) is 2.50. The van der Waals surface area contributed by atoms with Crippen molar-refractivity contribution in [1.82, 2.24) is 0 Å². The van der Waals surface area contributed by atoms with Gasteiger partial charge in [0.25, 0.3) is 0 Å². The highest BCUT2D eigenvalue weighted by Crippen LogP contribution is 2.00. The fourth-order valence-electron chi connectivity index (χ4n) is 1.02. The first-order valence-electron chi connectivity index (χ1n) is 4.51. The number of hydrogen-bond donors (Lipinski definition) is 0. The van der Waals surface area contributed by atoms with Gasteiger partial charge in [0, 0.05) is 0 Å². The Bertz CT molecular complexity index is 82.7. The second-order valence-corrected chi connectivity index (χ2v) is 6.33. The van der Waals surface area contributed by atoms with Crippen LogP contribution in [0.5, 0.6) is 0 Å². The molecular formula is C9H20Si. The number of rotatable bonds is 5. The Hall–Kier alpha value is -0.0431. The van der Waals surface area contributed by atoms with Crippen molar-refractivity contribution in [2.24, 2.45) is 0 Å². The number of unbranched alkanes of at least 4 members (excludes halogenated alkanes) is 1. The van der Waals surface area contributed by atoms with E-state index >= 15 is 0 Å². The first-order valence-corrected chi connectivity index (χ1v) is 6.81. The number of hydrogen-bond acceptors (Lipinski definition) is 0. The van der Waals surface area contributed by atoms with Crippen LogP contribution in [-0.2, 0) is 0 Å². The molecule has 1 heteroatoms. The molecule has 60 valence electrons. The van der Waals surface area contributed by atoms with Gasteiger partial charge in [-0.25, -0.2) is 0 Å². The third kappa shape index (κ3) is 4.80. The Morgan fingerprint density at radius 3 is 2.10 bits per heavy atom. The smallest absolute Gasteiger partial charge is 0.0605 e. The van der Waals surface area contributed by atoms with E-state index in [4.69, 9.17) is 0 Å². The molecule has 0 rings (SSSR count). The van der Waals surface area contributed by atoms with Gasteiger partial charge in [0.2, 0.25) is 0 Å². The van der Waals surface area contributed by atoms with Crippen LogP contribution in [-0.4, -0.2) is 8.80 Å². The average molecular weight is 156 g/mol. The molecule has 0 atom stereocenters. The molecule has 0 saturated carbocycles. The van der Waals surface area contributed by atoms with Crippen LogP contribution in [0.25, 0.3) is 0 Å². The standard InChI is InChI=1S/C9H20Si/c1-4-7-8-9-10(5-2)6-3/h8-10H,4-7H2,1-3H3. The quantitative estimate of drug-likeness (QED) is 0.536. The van der Waals surface area contributed by atoms with Crippen molar-refractivity contribution in [2.45, 2.75) is 45.7 Å². The summed E-state index contributed by atoms with van der Waals surface area (Å²) in [5, 5.41) is 0. The molecule has 10 heavy (non-hydrogen) atoms. The van der Waals surface area contributed by atoms with Gasteiger partial charge in [-0.15, -0.1) is 5.70 Å². The average Bonchev–Trinajstić information content (AvgIpc) is 1.99. The SMILES string of the molecule is CCCC=C[SiH](CC)CC. The molecule has 0 unspecified atom stereocenters. The highest BCUT2D eigenvalue weighted by Gasteiger charge is 1.97. The van der Waals surface area contributed by atoms with Crippen LogP contribution < -0.4 is 0 Å². The minimum Gasteiger partial charge on any atom is -0.102 e. The van der Waals surface area contributed by atoms with Gasteiger partial charge in [0.15, 0.2) is 0 Å². The molecule has 0 spiro atoms. The zero-order valence-electron chi connectivity index (χ0n) is 7.56. The van der Waals surface area contributed by atoms with Crippen molar-refractivity contribution in [3.8, 4) is 0 Å². The Morgan fingerprint density at radius 1 is 1.10 bits per heavy atom. The van der Waals surface area contributed by atoms with Crippen molar-refractivity contribution in [3.05, 3.63) is 11.8 Å². The first-order chi connectivity index (χ1) is 4.85. The molecule has 0 heterocycles. The van der Waals surface area contributed by atoms with Gasteiger partial charge >= 0.3 is 0 Å². The van der Waals surface area contributed by atoms with E-state index in [1.165, 1.54) is 24.9 Å². The second-order valence-electron chi connectivity index (χ2n) is 2.79. The van der Waals surface area contributed by atoms with Crippen LogP contribution in [0.2, 0.25) is 12.1 Å². The monoisotopic (exact) mass is 156 g/mol. The molecule has 0 bridgehead atoms. The van der Waals surface area contributed by atoms with E-state index in [9.17, 15) is 0 Å². The van der Waals surface area contributed by atoms with Crippen molar-refractivity contribution < 1.29 is 0 Å². The molecule has 0 aliphatic rings. The van der Waals surface area contributed by atoms with E-state index < -0.39 is 8.80 Å². The maximum Gasteiger partial charge on any atom is 0.0605 e. The van der Waals surface area contributed by atoms with Gasteiger partial charge < -0.3 is 0 Å². The fraction of sp³-hybridized carbons (Fsp3) is 0.778. The lowest BCUT2D eigenvalue weighted by Gasteiger charge is -2.01. The predicted octanol–water partition coefficient (Wildman–Crippen LogP) is 3.15. The summed E-state index contributed by atoms with van der Waals surface area (Å²) in [6, 6.07) is 2.85. The molecule has 0 aromatic heterocycles. The lowest BCUT2D eigenvalue weighted by atomic mass is 10.3. The van der Waals surface area contributed by atoms with Crippen molar-refractivity contribution in [3.63, 3.8) is 0 Å². The van der Waals surface area contributed by atoms with Gasteiger partial charge in [-0.2, -0.15) is 0 Å². The Balaban J connectivity index is 3.40. The van der Waals surface area contributed by atoms with Crippen LogP contribution in [0.4, 0.5) is 0 Å². The molecule has 0 amide bonds. The van der Waals surface area contributed by atoms with Crippen LogP contribution in [0.1, 0.15) is 33.6 Å². The molecule has 0 nitrogen and oxygen atoms in total. The fourth-order valence-corrected chi connectivity index (χ4v) is 2.72. The van der Waals surface area contributed by atoms with E-state index in [2.05, 4.69) is 32.5 Å². The van der Waals surface area contributed by atoms with Gasteiger partial charge in [-0.3, -0.25) is 0 Å². The minimum atomic E-state index is -0.404. The lowest BCUT2D eigenvalue weighted by molar-refractivity contribution is 0.959. The summed E-state index contributed by atoms with van der Waals surface area (Å²) in [6.07, 6.45) is 4.96. The molecule has 0 fully saturated rings. The zero-order chi connectivity index (χ0) is 7.82. The summed E-state index contributed by atoms with van der Waals surface area (Å²) in [5.74, 6) is 0. The summed E-state index contributed by atoms with van der Waals surface area (Å²) in [6.45, 7) is 6.87. The molecule has 0 saturated heterocycles. The van der Waals surface area contributed by atoms with Gasteiger partial charge in [-0.05, 0) is 6.42 Å². The second kappa shape index (κ2) is 7.07. The molecule has 0 aromatic rings. The van der Waals surface area contributed by atoms with Crippen LogP contribution >= 0.6 is 0 Å². The summed E-state index contributed by atoms with van der Waals surface area (Å²) < 4.78 is 0. The van der Waals surface area contributed by atoms with Gasteiger partial charge in [0.1, 0.15) is 0 Å². The largest absolute Gasteiger partial charge is 0.102 e. The molecule has 0 aromatic carbocycles. The minimum absolute atomic E-state index is 0.404. The Labute approximate surface area is 66.9 Å². The predicted molar refractivity (Wildman–Crippen MR) is 52.2 cm³/mol. The van der Waals surface area contributed by atoms with E-state index in [0.717, 1.165) is 0 Å². The van der Waals surface area contributed by atoms with E-state index in [1.54, 1.807) is 0 Å². The summed E-state index contributed by atoms with van der Waals surface area (Å²) in [4.78, 5) is 0. The topological polar surface area (TPSA) is 0 Å². The maximum atomic E-state index is 2.50. The first kappa shape index (κ1) is 9.96. The molecule has 0 radical (unpaired) electrons. The van der Waals surface area contributed by atoms with Gasteiger partial charge in [0.05, 0.1) is 8.80 Å². The molecular weight excluding hydrogens is 136 g/mol. The van der Waals surface area contributed by atoms with Gasteiger partial charge in [-0.1, -0.05) is 45.4 Å². The maximum absolute atomic E-state index is 2.50. The Morgan fingerprint density at radius 2 is 1.70 bits per heavy atom. The highest BCUT2D eigenvalue weighted by atomic mass is 28.3. The normalized spacial score (nSPS) is 11.6. The Kier molecular flexibility index (Phi) is 7.04. The molecule has 0 N–H and O–H groups in total. The summed E-state index contributed by atoms with van der Waals surface area (Å²) >= 11 is 0. The van der Waals surface area contributed by atoms with E-state index in [-0.39, 0.29) is 0 Å². The van der Waals surface area contributed by atoms with Crippen LogP contribution in [0.15, 0.2) is 11.8 Å². The van der Waals surface area contributed by atoms with E-state index in [0.29, 0.717) is 0 Å². The van der Waals surface area contributed by atoms with Crippen molar-refractivity contribution in [1.29, 1.82) is 0 Å². The third-order valence-electron chi connectivity index (χ3n) is 1.91. The van der Waals surface area contributed by atoms with Crippen LogP contribution in [0, 0.1) is 0 Å². The van der Waals surface area contributed by atoms with Crippen LogP contribution in [0.3, 0.4) is 0 Å². The van der Waals surface area contributed by atoms with Crippen molar-refractivity contribution >= 4 is 8.80 Å².